The van der Waals surface area contributed by atoms with Crippen molar-refractivity contribution in [3.8, 4) is 11.4 Å². The number of hydrogen-bond donors (Lipinski definition) is 1. The first-order valence-electron chi connectivity index (χ1n) is 5.58. The summed E-state index contributed by atoms with van der Waals surface area (Å²) in [6.45, 7) is 1.96. The molecule has 0 unspecified atom stereocenters. The molecule has 0 fully saturated rings. The van der Waals surface area contributed by atoms with Crippen LogP contribution >= 0.6 is 15.9 Å². The molecular formula is C13H13BrN2O2. The topological polar surface area (TPSA) is 55.0 Å². The number of nitrogens with zero attached hydrogens (tertiary/aromatic N) is 1. The van der Waals surface area contributed by atoms with Crippen molar-refractivity contribution in [3.05, 3.63) is 40.1 Å². The van der Waals surface area contributed by atoms with Crippen molar-refractivity contribution in [2.75, 3.05) is 7.11 Å². The average molecular weight is 309 g/mol. The number of halogens is 1. The van der Waals surface area contributed by atoms with Crippen molar-refractivity contribution >= 4 is 21.9 Å². The number of aromatic nitrogens is 2. The molecule has 0 aliphatic rings. The Hall–Kier alpha value is -1.62. The van der Waals surface area contributed by atoms with E-state index in [9.17, 15) is 4.79 Å². The standard InChI is InChI=1S/C13H13BrN2O2/c1-3-10-11(13(17)18-2)16-12(15-10)8-5-4-6-9(14)7-8/h4-7H,3H2,1-2H3,(H,15,16). The molecule has 1 aromatic carbocycles. The van der Waals surface area contributed by atoms with E-state index in [0.717, 1.165) is 15.7 Å². The Morgan fingerprint density at radius 3 is 2.89 bits per heavy atom. The van der Waals surface area contributed by atoms with Crippen LogP contribution in [0, 0.1) is 0 Å². The second-order valence-corrected chi connectivity index (χ2v) is 4.68. The minimum Gasteiger partial charge on any atom is -0.464 e. The molecule has 0 saturated heterocycles. The van der Waals surface area contributed by atoms with Crippen LogP contribution in [0.15, 0.2) is 28.7 Å². The molecule has 2 aromatic rings. The quantitative estimate of drug-likeness (QED) is 0.886. The molecule has 18 heavy (non-hydrogen) atoms. The molecule has 5 heteroatoms. The third-order valence-corrected chi connectivity index (χ3v) is 3.10. The van der Waals surface area contributed by atoms with Gasteiger partial charge in [0.05, 0.1) is 7.11 Å². The van der Waals surface area contributed by atoms with Crippen LogP contribution in [0.25, 0.3) is 11.4 Å². The molecule has 0 bridgehead atoms. The molecule has 0 saturated carbocycles. The fourth-order valence-electron chi connectivity index (χ4n) is 1.70. The summed E-state index contributed by atoms with van der Waals surface area (Å²) in [5, 5.41) is 0. The van der Waals surface area contributed by atoms with E-state index < -0.39 is 5.97 Å². The van der Waals surface area contributed by atoms with Crippen molar-refractivity contribution in [3.63, 3.8) is 0 Å². The molecule has 0 amide bonds. The minimum absolute atomic E-state index is 0.356. The Kier molecular flexibility index (Phi) is 3.81. The van der Waals surface area contributed by atoms with Gasteiger partial charge < -0.3 is 9.72 Å². The monoisotopic (exact) mass is 308 g/mol. The van der Waals surface area contributed by atoms with E-state index in [0.29, 0.717) is 17.9 Å². The van der Waals surface area contributed by atoms with Gasteiger partial charge in [0.2, 0.25) is 0 Å². The summed E-state index contributed by atoms with van der Waals surface area (Å²) in [7, 11) is 1.36. The number of hydrogen-bond acceptors (Lipinski definition) is 3. The van der Waals surface area contributed by atoms with Crippen molar-refractivity contribution in [1.29, 1.82) is 0 Å². The van der Waals surface area contributed by atoms with Crippen LogP contribution in [0.3, 0.4) is 0 Å². The summed E-state index contributed by atoms with van der Waals surface area (Å²) in [5.74, 6) is 0.262. The number of rotatable bonds is 3. The SMILES string of the molecule is CCc1[nH]c(-c2cccc(Br)c2)nc1C(=O)OC. The lowest BCUT2D eigenvalue weighted by atomic mass is 10.2. The maximum absolute atomic E-state index is 11.6. The number of nitrogens with one attached hydrogen (secondary N) is 1. The number of aromatic amines is 1. The molecule has 2 rings (SSSR count). The van der Waals surface area contributed by atoms with E-state index in [2.05, 4.69) is 25.9 Å². The van der Waals surface area contributed by atoms with Crippen LogP contribution in [0.2, 0.25) is 0 Å². The lowest BCUT2D eigenvalue weighted by molar-refractivity contribution is 0.0593. The number of ether oxygens (including phenoxy) is 1. The highest BCUT2D eigenvalue weighted by Gasteiger charge is 2.17. The first kappa shape index (κ1) is 12.8. The zero-order valence-corrected chi connectivity index (χ0v) is 11.7. The average Bonchev–Trinajstić information content (AvgIpc) is 2.82. The maximum atomic E-state index is 11.6. The number of H-pyrrole nitrogens is 1. The van der Waals surface area contributed by atoms with Gasteiger partial charge in [0.15, 0.2) is 5.69 Å². The van der Waals surface area contributed by atoms with Crippen LogP contribution < -0.4 is 0 Å². The number of esters is 1. The van der Waals surface area contributed by atoms with Gasteiger partial charge in [0.25, 0.3) is 0 Å². The molecule has 1 aromatic heterocycles. The predicted molar refractivity (Wildman–Crippen MR) is 72.4 cm³/mol. The van der Waals surface area contributed by atoms with E-state index in [4.69, 9.17) is 4.74 Å². The Labute approximate surface area is 114 Å². The van der Waals surface area contributed by atoms with Crippen LogP contribution in [-0.4, -0.2) is 23.0 Å². The van der Waals surface area contributed by atoms with Crippen LogP contribution in [-0.2, 0) is 11.2 Å². The number of benzene rings is 1. The Morgan fingerprint density at radius 1 is 1.50 bits per heavy atom. The molecule has 0 aliphatic heterocycles. The van der Waals surface area contributed by atoms with Crippen LogP contribution in [0.5, 0.6) is 0 Å². The second-order valence-electron chi connectivity index (χ2n) is 3.77. The fourth-order valence-corrected chi connectivity index (χ4v) is 2.10. The van der Waals surface area contributed by atoms with Gasteiger partial charge in [-0.25, -0.2) is 9.78 Å². The van der Waals surface area contributed by atoms with E-state index >= 15 is 0 Å². The van der Waals surface area contributed by atoms with E-state index in [1.165, 1.54) is 7.11 Å². The fraction of sp³-hybridized carbons (Fsp3) is 0.231. The van der Waals surface area contributed by atoms with Gasteiger partial charge >= 0.3 is 5.97 Å². The molecule has 0 atom stereocenters. The molecule has 0 aliphatic carbocycles. The van der Waals surface area contributed by atoms with Gasteiger partial charge in [-0.2, -0.15) is 0 Å². The van der Waals surface area contributed by atoms with Gasteiger partial charge in [0, 0.05) is 15.7 Å². The van der Waals surface area contributed by atoms with Gasteiger partial charge in [0.1, 0.15) is 5.82 Å². The van der Waals surface area contributed by atoms with Gasteiger partial charge in [-0.15, -0.1) is 0 Å². The molecule has 1 N–H and O–H groups in total. The molecule has 1 heterocycles. The number of aryl methyl sites for hydroxylation is 1. The van der Waals surface area contributed by atoms with Crippen LogP contribution in [0.4, 0.5) is 0 Å². The highest BCUT2D eigenvalue weighted by atomic mass is 79.9. The summed E-state index contributed by atoms with van der Waals surface area (Å²) in [5.41, 5.74) is 2.07. The Bertz CT molecular complexity index is 578. The van der Waals surface area contributed by atoms with Crippen molar-refractivity contribution in [2.24, 2.45) is 0 Å². The zero-order chi connectivity index (χ0) is 13.1. The van der Waals surface area contributed by atoms with E-state index in [1.54, 1.807) is 0 Å². The summed E-state index contributed by atoms with van der Waals surface area (Å²) < 4.78 is 5.69. The lowest BCUT2D eigenvalue weighted by Gasteiger charge is -1.96. The van der Waals surface area contributed by atoms with E-state index in [1.807, 2.05) is 31.2 Å². The summed E-state index contributed by atoms with van der Waals surface area (Å²) >= 11 is 3.41. The van der Waals surface area contributed by atoms with Gasteiger partial charge in [-0.3, -0.25) is 0 Å². The first-order chi connectivity index (χ1) is 8.65. The molecule has 4 nitrogen and oxygen atoms in total. The Morgan fingerprint density at radius 2 is 2.28 bits per heavy atom. The third kappa shape index (κ3) is 2.46. The number of carbonyl (C=O) groups is 1. The smallest absolute Gasteiger partial charge is 0.358 e. The first-order valence-corrected chi connectivity index (χ1v) is 6.38. The highest BCUT2D eigenvalue weighted by molar-refractivity contribution is 9.10. The maximum Gasteiger partial charge on any atom is 0.358 e. The third-order valence-electron chi connectivity index (χ3n) is 2.61. The van der Waals surface area contributed by atoms with Crippen molar-refractivity contribution in [2.45, 2.75) is 13.3 Å². The highest BCUT2D eigenvalue weighted by Crippen LogP contribution is 2.22. The normalized spacial score (nSPS) is 10.4. The van der Waals surface area contributed by atoms with E-state index in [-0.39, 0.29) is 0 Å². The van der Waals surface area contributed by atoms with Gasteiger partial charge in [-0.1, -0.05) is 35.0 Å². The predicted octanol–water partition coefficient (Wildman–Crippen LogP) is 3.19. The molecule has 94 valence electrons. The summed E-state index contributed by atoms with van der Waals surface area (Å²) in [6.07, 6.45) is 0.700. The summed E-state index contributed by atoms with van der Waals surface area (Å²) in [4.78, 5) is 19.1. The molecular weight excluding hydrogens is 296 g/mol. The van der Waals surface area contributed by atoms with Crippen LogP contribution in [0.1, 0.15) is 23.1 Å². The molecule has 0 spiro atoms. The minimum atomic E-state index is -0.413. The second kappa shape index (κ2) is 5.35. The van der Waals surface area contributed by atoms with Crippen molar-refractivity contribution in [1.82, 2.24) is 9.97 Å². The number of methoxy groups -OCH3 is 1. The zero-order valence-electron chi connectivity index (χ0n) is 10.2. The van der Waals surface area contributed by atoms with Crippen molar-refractivity contribution < 1.29 is 9.53 Å². The Balaban J connectivity index is 2.47. The number of carbonyl (C=O) groups excluding carboxylic acids is 1. The summed E-state index contributed by atoms with van der Waals surface area (Å²) in [6, 6.07) is 7.74. The number of imidazole rings is 1. The van der Waals surface area contributed by atoms with Gasteiger partial charge in [-0.05, 0) is 18.6 Å². The largest absolute Gasteiger partial charge is 0.464 e. The lowest BCUT2D eigenvalue weighted by Crippen LogP contribution is -2.04. The molecule has 0 radical (unpaired) electrons.